The number of benzene rings is 2. The predicted octanol–water partition coefficient (Wildman–Crippen LogP) is 4.12. The Labute approximate surface area is 142 Å². The molecule has 1 amide bonds. The van der Waals surface area contributed by atoms with Crippen molar-refractivity contribution in [3.05, 3.63) is 70.9 Å². The zero-order chi connectivity index (χ0) is 16.4. The molecule has 124 valence electrons. The quantitative estimate of drug-likeness (QED) is 0.762. The lowest BCUT2D eigenvalue weighted by molar-refractivity contribution is 0.0948. The average Bonchev–Trinajstić information content (AvgIpc) is 2.55. The van der Waals surface area contributed by atoms with Crippen LogP contribution >= 0.6 is 0 Å². The number of hydrogen-bond acceptors (Lipinski definition) is 3. The van der Waals surface area contributed by atoms with Crippen molar-refractivity contribution in [3.63, 3.8) is 0 Å². The lowest BCUT2D eigenvalue weighted by Gasteiger charge is -2.10. The van der Waals surface area contributed by atoms with Crippen LogP contribution in [0.15, 0.2) is 48.5 Å². The van der Waals surface area contributed by atoms with Crippen LogP contribution in [0.3, 0.4) is 0 Å². The van der Waals surface area contributed by atoms with E-state index in [1.165, 1.54) is 0 Å². The maximum atomic E-state index is 12.4. The molecule has 0 saturated heterocycles. The highest BCUT2D eigenvalue weighted by Crippen LogP contribution is 2.27. The molecule has 1 aromatic heterocycles. The molecule has 1 heterocycles. The molecule has 4 nitrogen and oxygen atoms in total. The van der Waals surface area contributed by atoms with Crippen LogP contribution in [-0.2, 0) is 6.54 Å². The number of phenolic OH excluding ortho intramolecular Hbond substituents is 1. The third-order valence-electron chi connectivity index (χ3n) is 3.92. The minimum absolute atomic E-state index is 0. The van der Waals surface area contributed by atoms with Crippen molar-refractivity contribution in [1.29, 1.82) is 0 Å². The van der Waals surface area contributed by atoms with Gasteiger partial charge >= 0.3 is 0 Å². The number of phenols is 1. The van der Waals surface area contributed by atoms with E-state index in [4.69, 9.17) is 0 Å². The molecule has 3 rings (SSSR count). The number of nitrogens with zero attached hydrogens (tertiary/aromatic N) is 1. The molecule has 0 fully saturated rings. The highest BCUT2D eigenvalue weighted by Gasteiger charge is 2.14. The van der Waals surface area contributed by atoms with Gasteiger partial charge in [-0.25, -0.2) is 4.98 Å². The van der Waals surface area contributed by atoms with Gasteiger partial charge < -0.3 is 10.4 Å². The normalized spacial score (nSPS) is 10.2. The van der Waals surface area contributed by atoms with Crippen molar-refractivity contribution in [3.8, 4) is 5.75 Å². The van der Waals surface area contributed by atoms with Gasteiger partial charge in [-0.05, 0) is 37.1 Å². The van der Waals surface area contributed by atoms with Crippen molar-refractivity contribution in [2.75, 3.05) is 0 Å². The van der Waals surface area contributed by atoms with Gasteiger partial charge in [0.15, 0.2) is 5.75 Å². The fraction of sp³-hybridized carbons (Fsp3) is 0.200. The summed E-state index contributed by atoms with van der Waals surface area (Å²) in [5.41, 5.74) is 3.66. The Kier molecular flexibility index (Phi) is 5.19. The Bertz CT molecular complexity index is 888. The Hall–Kier alpha value is -2.88. The van der Waals surface area contributed by atoms with E-state index in [1.54, 1.807) is 12.1 Å². The van der Waals surface area contributed by atoms with Gasteiger partial charge in [0.2, 0.25) is 0 Å². The summed E-state index contributed by atoms with van der Waals surface area (Å²) >= 11 is 0. The number of aromatic hydroxyl groups is 1. The predicted molar refractivity (Wildman–Crippen MR) is 97.2 cm³/mol. The number of carbonyl (C=O) groups is 1. The van der Waals surface area contributed by atoms with E-state index in [9.17, 15) is 9.90 Å². The van der Waals surface area contributed by atoms with Gasteiger partial charge in [0.1, 0.15) is 5.52 Å². The molecule has 2 aromatic carbocycles. The van der Waals surface area contributed by atoms with Gasteiger partial charge in [0, 0.05) is 17.6 Å². The molecule has 0 aliphatic carbocycles. The number of aryl methyl sites for hydroxylation is 2. The molecule has 0 bridgehead atoms. The first-order chi connectivity index (χ1) is 11.1. The Morgan fingerprint density at radius 2 is 1.79 bits per heavy atom. The van der Waals surface area contributed by atoms with Gasteiger partial charge in [-0.1, -0.05) is 43.8 Å². The fourth-order valence-electron chi connectivity index (χ4n) is 2.53. The van der Waals surface area contributed by atoms with Crippen molar-refractivity contribution >= 4 is 16.8 Å². The summed E-state index contributed by atoms with van der Waals surface area (Å²) in [7, 11) is 0. The molecule has 3 aromatic rings. The van der Waals surface area contributed by atoms with Gasteiger partial charge in [-0.2, -0.15) is 0 Å². The zero-order valence-electron chi connectivity index (χ0n) is 13.1. The van der Waals surface area contributed by atoms with Gasteiger partial charge in [0.25, 0.3) is 5.91 Å². The first kappa shape index (κ1) is 17.5. The monoisotopic (exact) mass is 322 g/mol. The molecular weight excluding hydrogens is 300 g/mol. The molecule has 0 aliphatic rings. The molecule has 0 aliphatic heterocycles. The van der Waals surface area contributed by atoms with Crippen LogP contribution in [-0.4, -0.2) is 16.0 Å². The number of rotatable bonds is 3. The second-order valence-electron chi connectivity index (χ2n) is 5.60. The molecule has 24 heavy (non-hydrogen) atoms. The number of fused-ring (bicyclic) bond motifs is 1. The summed E-state index contributed by atoms with van der Waals surface area (Å²) in [6.45, 7) is 4.27. The summed E-state index contributed by atoms with van der Waals surface area (Å²) in [5, 5.41) is 14.0. The summed E-state index contributed by atoms with van der Waals surface area (Å²) in [4.78, 5) is 16.7. The minimum Gasteiger partial charge on any atom is -0.505 e. The topological polar surface area (TPSA) is 62.2 Å². The van der Waals surface area contributed by atoms with Crippen molar-refractivity contribution in [2.24, 2.45) is 0 Å². The first-order valence-electron chi connectivity index (χ1n) is 7.48. The third kappa shape index (κ3) is 3.38. The standard InChI is InChI=1S/C19H18N2O2.CH4/c1-12-5-3-4-6-15(12)11-20-19(23)16-10-9-14-8-7-13(2)21-17(14)18(16)22;/h3-10,22H,11H2,1-2H3,(H,20,23);1H4. The van der Waals surface area contributed by atoms with Crippen molar-refractivity contribution < 1.29 is 9.90 Å². The van der Waals surface area contributed by atoms with Gasteiger partial charge in [-0.15, -0.1) is 0 Å². The summed E-state index contributed by atoms with van der Waals surface area (Å²) in [6, 6.07) is 15.1. The Morgan fingerprint density at radius 3 is 2.54 bits per heavy atom. The number of carbonyl (C=O) groups excluding carboxylic acids is 1. The Balaban J connectivity index is 0.00000208. The molecule has 0 saturated carbocycles. The summed E-state index contributed by atoms with van der Waals surface area (Å²) in [5.74, 6) is -0.385. The van der Waals surface area contributed by atoms with Crippen molar-refractivity contribution in [1.82, 2.24) is 10.3 Å². The number of amides is 1. The van der Waals surface area contributed by atoms with E-state index >= 15 is 0 Å². The number of aromatic nitrogens is 1. The van der Waals surface area contributed by atoms with E-state index in [0.717, 1.165) is 22.2 Å². The maximum Gasteiger partial charge on any atom is 0.255 e. The van der Waals surface area contributed by atoms with Crippen LogP contribution in [0.2, 0.25) is 0 Å². The van der Waals surface area contributed by atoms with Gasteiger partial charge in [-0.3, -0.25) is 4.79 Å². The molecule has 2 N–H and O–H groups in total. The van der Waals surface area contributed by atoms with Crippen LogP contribution in [0, 0.1) is 13.8 Å². The highest BCUT2D eigenvalue weighted by atomic mass is 16.3. The zero-order valence-corrected chi connectivity index (χ0v) is 13.1. The van der Waals surface area contributed by atoms with E-state index in [2.05, 4.69) is 10.3 Å². The van der Waals surface area contributed by atoms with Crippen LogP contribution in [0.25, 0.3) is 10.9 Å². The molecule has 4 heteroatoms. The lowest BCUT2D eigenvalue weighted by Crippen LogP contribution is -2.23. The molecule has 0 spiro atoms. The highest BCUT2D eigenvalue weighted by molar-refractivity contribution is 6.02. The Morgan fingerprint density at radius 1 is 1.08 bits per heavy atom. The first-order valence-corrected chi connectivity index (χ1v) is 7.48. The van der Waals surface area contributed by atoms with Crippen LogP contribution < -0.4 is 5.32 Å². The van der Waals surface area contributed by atoms with Crippen LogP contribution in [0.4, 0.5) is 0 Å². The fourth-order valence-corrected chi connectivity index (χ4v) is 2.53. The molecule has 0 atom stereocenters. The van der Waals surface area contributed by atoms with Crippen molar-refractivity contribution in [2.45, 2.75) is 27.8 Å². The van der Waals surface area contributed by atoms with E-state index in [0.29, 0.717) is 12.1 Å². The van der Waals surface area contributed by atoms with Crippen LogP contribution in [0.1, 0.15) is 34.6 Å². The minimum atomic E-state index is -0.309. The number of hydrogen-bond donors (Lipinski definition) is 2. The molecule has 0 radical (unpaired) electrons. The molecule has 0 unspecified atom stereocenters. The summed E-state index contributed by atoms with van der Waals surface area (Å²) in [6.07, 6.45) is 0. The van der Waals surface area contributed by atoms with Gasteiger partial charge in [0.05, 0.1) is 5.56 Å². The summed E-state index contributed by atoms with van der Waals surface area (Å²) < 4.78 is 0. The number of pyridine rings is 1. The van der Waals surface area contributed by atoms with E-state index in [1.807, 2.05) is 50.2 Å². The largest absolute Gasteiger partial charge is 0.505 e. The second-order valence-corrected chi connectivity index (χ2v) is 5.60. The third-order valence-corrected chi connectivity index (χ3v) is 3.92. The number of nitrogens with one attached hydrogen (secondary N) is 1. The lowest BCUT2D eigenvalue weighted by atomic mass is 10.1. The smallest absolute Gasteiger partial charge is 0.255 e. The van der Waals surface area contributed by atoms with Crippen LogP contribution in [0.5, 0.6) is 5.75 Å². The SMILES string of the molecule is C.Cc1ccc2ccc(C(=O)NCc3ccccc3C)c(O)c2n1. The van der Waals surface area contributed by atoms with E-state index < -0.39 is 0 Å². The van der Waals surface area contributed by atoms with E-state index in [-0.39, 0.29) is 24.6 Å². The second kappa shape index (κ2) is 7.13. The average molecular weight is 322 g/mol. The molecular formula is C20H22N2O2. The maximum absolute atomic E-state index is 12.4.